The van der Waals surface area contributed by atoms with Crippen molar-refractivity contribution in [1.29, 1.82) is 0 Å². The van der Waals surface area contributed by atoms with Crippen molar-refractivity contribution in [3.05, 3.63) is 57.9 Å². The summed E-state index contributed by atoms with van der Waals surface area (Å²) in [5, 5.41) is 0.468. The van der Waals surface area contributed by atoms with Crippen LogP contribution < -0.4 is 19.6 Å². The van der Waals surface area contributed by atoms with Gasteiger partial charge in [-0.05, 0) is 43.3 Å². The van der Waals surface area contributed by atoms with E-state index in [0.717, 1.165) is 17.9 Å². The molecule has 0 atom stereocenters. The molecule has 0 aliphatic carbocycles. The zero-order valence-electron chi connectivity index (χ0n) is 16.7. The van der Waals surface area contributed by atoms with Crippen LogP contribution in [0.25, 0.3) is 11.0 Å². The SMILES string of the molecule is COCCN1COc2ccc3c(=O)c(Oc4ccc(OC)cc4)c(C)oc3c2C1. The molecule has 29 heavy (non-hydrogen) atoms. The Morgan fingerprint density at radius 3 is 2.55 bits per heavy atom. The minimum absolute atomic E-state index is 0.176. The van der Waals surface area contributed by atoms with Crippen molar-refractivity contribution in [3.63, 3.8) is 0 Å². The second-order valence-electron chi connectivity index (χ2n) is 6.83. The summed E-state index contributed by atoms with van der Waals surface area (Å²) < 4.78 is 28.0. The molecule has 3 aromatic rings. The quantitative estimate of drug-likeness (QED) is 0.628. The van der Waals surface area contributed by atoms with E-state index in [1.165, 1.54) is 0 Å². The van der Waals surface area contributed by atoms with Crippen molar-refractivity contribution in [1.82, 2.24) is 4.90 Å². The topological polar surface area (TPSA) is 70.4 Å². The Labute approximate surface area is 168 Å². The summed E-state index contributed by atoms with van der Waals surface area (Å²) in [6.45, 7) is 4.16. The van der Waals surface area contributed by atoms with E-state index >= 15 is 0 Å². The maximum absolute atomic E-state index is 13.1. The molecule has 7 heteroatoms. The van der Waals surface area contributed by atoms with E-state index in [1.54, 1.807) is 51.5 Å². The molecular formula is C22H23NO6. The maximum Gasteiger partial charge on any atom is 0.235 e. The number of hydrogen-bond donors (Lipinski definition) is 0. The van der Waals surface area contributed by atoms with Crippen LogP contribution >= 0.6 is 0 Å². The Morgan fingerprint density at radius 2 is 1.83 bits per heavy atom. The zero-order chi connectivity index (χ0) is 20.4. The first kappa shape index (κ1) is 19.3. The lowest BCUT2D eigenvalue weighted by Crippen LogP contribution is -2.34. The number of methoxy groups -OCH3 is 2. The van der Waals surface area contributed by atoms with E-state index in [-0.39, 0.29) is 11.2 Å². The summed E-state index contributed by atoms with van der Waals surface area (Å²) in [5.74, 6) is 2.57. The van der Waals surface area contributed by atoms with Crippen molar-refractivity contribution >= 4 is 11.0 Å². The molecular weight excluding hydrogens is 374 g/mol. The molecule has 2 heterocycles. The Morgan fingerprint density at radius 1 is 1.07 bits per heavy atom. The van der Waals surface area contributed by atoms with Gasteiger partial charge < -0.3 is 23.4 Å². The summed E-state index contributed by atoms with van der Waals surface area (Å²) in [5.41, 5.74) is 1.19. The van der Waals surface area contributed by atoms with Gasteiger partial charge in [-0.1, -0.05) is 0 Å². The summed E-state index contributed by atoms with van der Waals surface area (Å²) in [6, 6.07) is 10.6. The van der Waals surface area contributed by atoms with Gasteiger partial charge >= 0.3 is 0 Å². The van der Waals surface area contributed by atoms with Crippen molar-refractivity contribution in [2.75, 3.05) is 34.1 Å². The molecule has 0 amide bonds. The van der Waals surface area contributed by atoms with Gasteiger partial charge in [-0.3, -0.25) is 9.69 Å². The van der Waals surface area contributed by atoms with Crippen LogP contribution in [-0.4, -0.2) is 39.0 Å². The second-order valence-corrected chi connectivity index (χ2v) is 6.83. The molecule has 152 valence electrons. The summed E-state index contributed by atoms with van der Waals surface area (Å²) in [7, 11) is 3.26. The Kier molecular flexibility index (Phi) is 5.42. The van der Waals surface area contributed by atoms with Crippen LogP contribution in [0.15, 0.2) is 45.6 Å². The number of hydrogen-bond acceptors (Lipinski definition) is 7. The minimum Gasteiger partial charge on any atom is -0.497 e. The lowest BCUT2D eigenvalue weighted by atomic mass is 10.1. The largest absolute Gasteiger partial charge is 0.497 e. The van der Waals surface area contributed by atoms with Crippen molar-refractivity contribution in [2.45, 2.75) is 13.5 Å². The minimum atomic E-state index is -0.212. The smallest absolute Gasteiger partial charge is 0.235 e. The summed E-state index contributed by atoms with van der Waals surface area (Å²) in [6.07, 6.45) is 0. The molecule has 1 aliphatic rings. The number of aryl methyl sites for hydroxylation is 1. The predicted molar refractivity (Wildman–Crippen MR) is 108 cm³/mol. The van der Waals surface area contributed by atoms with Crippen LogP contribution in [0.4, 0.5) is 0 Å². The third kappa shape index (κ3) is 3.79. The number of rotatable bonds is 6. The summed E-state index contributed by atoms with van der Waals surface area (Å²) >= 11 is 0. The van der Waals surface area contributed by atoms with Gasteiger partial charge in [-0.2, -0.15) is 0 Å². The van der Waals surface area contributed by atoms with Crippen LogP contribution in [0, 0.1) is 6.92 Å². The first-order valence-corrected chi connectivity index (χ1v) is 9.36. The predicted octanol–water partition coefficient (Wildman–Crippen LogP) is 3.70. The average molecular weight is 397 g/mol. The van der Waals surface area contributed by atoms with E-state index in [9.17, 15) is 4.79 Å². The Hall–Kier alpha value is -3.03. The number of fused-ring (bicyclic) bond motifs is 3. The highest BCUT2D eigenvalue weighted by Crippen LogP contribution is 2.34. The first-order chi connectivity index (χ1) is 14.1. The van der Waals surface area contributed by atoms with Gasteiger partial charge in [0.15, 0.2) is 0 Å². The molecule has 0 saturated carbocycles. The fraction of sp³-hybridized carbons (Fsp3) is 0.318. The van der Waals surface area contributed by atoms with E-state index in [0.29, 0.717) is 48.1 Å². The van der Waals surface area contributed by atoms with E-state index < -0.39 is 0 Å². The molecule has 1 aliphatic heterocycles. The molecule has 4 rings (SSSR count). The van der Waals surface area contributed by atoms with Crippen LogP contribution in [0.3, 0.4) is 0 Å². The molecule has 7 nitrogen and oxygen atoms in total. The van der Waals surface area contributed by atoms with Crippen molar-refractivity contribution in [3.8, 4) is 23.0 Å². The van der Waals surface area contributed by atoms with Crippen LogP contribution in [-0.2, 0) is 11.3 Å². The molecule has 0 saturated heterocycles. The Balaban J connectivity index is 1.71. The third-order valence-corrected chi connectivity index (χ3v) is 4.92. The number of benzene rings is 2. The lowest BCUT2D eigenvalue weighted by Gasteiger charge is -2.29. The highest BCUT2D eigenvalue weighted by molar-refractivity contribution is 5.83. The average Bonchev–Trinajstić information content (AvgIpc) is 2.75. The first-order valence-electron chi connectivity index (χ1n) is 9.36. The molecule has 0 unspecified atom stereocenters. The molecule has 0 bridgehead atoms. The van der Waals surface area contributed by atoms with E-state index in [4.69, 9.17) is 23.4 Å². The molecule has 0 N–H and O–H groups in total. The molecule has 0 spiro atoms. The normalized spacial score (nSPS) is 13.8. The van der Waals surface area contributed by atoms with E-state index in [2.05, 4.69) is 4.90 Å². The number of nitrogens with zero attached hydrogens (tertiary/aromatic N) is 1. The third-order valence-electron chi connectivity index (χ3n) is 4.92. The highest BCUT2D eigenvalue weighted by Gasteiger charge is 2.24. The van der Waals surface area contributed by atoms with Gasteiger partial charge in [-0.25, -0.2) is 0 Å². The number of ether oxygens (including phenoxy) is 4. The zero-order valence-corrected chi connectivity index (χ0v) is 16.7. The summed E-state index contributed by atoms with van der Waals surface area (Å²) in [4.78, 5) is 15.2. The van der Waals surface area contributed by atoms with Crippen molar-refractivity contribution in [2.24, 2.45) is 0 Å². The van der Waals surface area contributed by atoms with Crippen LogP contribution in [0.5, 0.6) is 23.0 Å². The van der Waals surface area contributed by atoms with Crippen LogP contribution in [0.2, 0.25) is 0 Å². The fourth-order valence-corrected chi connectivity index (χ4v) is 3.35. The highest BCUT2D eigenvalue weighted by atomic mass is 16.5. The molecule has 1 aromatic heterocycles. The Bertz CT molecular complexity index is 1070. The monoisotopic (exact) mass is 397 g/mol. The molecule has 0 radical (unpaired) electrons. The maximum atomic E-state index is 13.1. The fourth-order valence-electron chi connectivity index (χ4n) is 3.35. The van der Waals surface area contributed by atoms with Gasteiger partial charge in [0.2, 0.25) is 11.2 Å². The van der Waals surface area contributed by atoms with Crippen LogP contribution in [0.1, 0.15) is 11.3 Å². The van der Waals surface area contributed by atoms with Gasteiger partial charge in [0.05, 0.1) is 24.7 Å². The van der Waals surface area contributed by atoms with Gasteiger partial charge in [0, 0.05) is 20.2 Å². The van der Waals surface area contributed by atoms with Crippen molar-refractivity contribution < 1.29 is 23.4 Å². The molecule has 2 aromatic carbocycles. The molecule has 0 fully saturated rings. The van der Waals surface area contributed by atoms with Gasteiger partial charge in [-0.15, -0.1) is 0 Å². The second kappa shape index (κ2) is 8.14. The van der Waals surface area contributed by atoms with Gasteiger partial charge in [0.1, 0.15) is 35.3 Å². The van der Waals surface area contributed by atoms with Gasteiger partial charge in [0.25, 0.3) is 0 Å². The van der Waals surface area contributed by atoms with E-state index in [1.807, 2.05) is 6.07 Å². The lowest BCUT2D eigenvalue weighted by molar-refractivity contribution is 0.0658. The standard InChI is InChI=1S/C22H23NO6/c1-14-21(29-16-6-4-15(26-3)5-7-16)20(24)17-8-9-19-18(22(17)28-14)12-23(13-27-19)10-11-25-2/h4-9H,10-13H2,1-3H3.